The fourth-order valence-corrected chi connectivity index (χ4v) is 6.16. The second-order valence-corrected chi connectivity index (χ2v) is 13.6. The van der Waals surface area contributed by atoms with E-state index in [4.69, 9.17) is 9.47 Å². The molecule has 2 heterocycles. The lowest BCUT2D eigenvalue weighted by Gasteiger charge is -2.31. The molecule has 258 valence electrons. The van der Waals surface area contributed by atoms with Crippen LogP contribution in [-0.2, 0) is 30.3 Å². The first-order valence-electron chi connectivity index (χ1n) is 15.8. The summed E-state index contributed by atoms with van der Waals surface area (Å²) in [5, 5.41) is 20.8. The highest BCUT2D eigenvalue weighted by Crippen LogP contribution is 2.34. The molecule has 3 rings (SSSR count). The minimum atomic E-state index is -1.43. The molecule has 4 N–H and O–H groups in total. The molecule has 4 amide bonds. The molecule has 1 aromatic heterocycles. The van der Waals surface area contributed by atoms with Crippen LogP contribution in [0.4, 0.5) is 4.79 Å². The number of amides is 4. The molecule has 6 atom stereocenters. The number of aliphatic hydroxyl groups excluding tert-OH is 1. The smallest absolute Gasteiger partial charge is 0.408 e. The molecular formula is C33H47N5O8S. The Bertz CT molecular complexity index is 1390. The van der Waals surface area contributed by atoms with E-state index in [1.165, 1.54) is 25.4 Å². The monoisotopic (exact) mass is 673 g/mol. The molecule has 0 saturated carbocycles. The highest BCUT2D eigenvalue weighted by Gasteiger charge is 2.39. The lowest BCUT2D eigenvalue weighted by atomic mass is 9.97. The third-order valence-electron chi connectivity index (χ3n) is 7.86. The zero-order chi connectivity index (χ0) is 34.9. The molecule has 0 unspecified atom stereocenters. The van der Waals surface area contributed by atoms with E-state index in [-0.39, 0.29) is 23.9 Å². The number of nitrogens with one attached hydrogen (secondary N) is 3. The molecule has 0 aliphatic carbocycles. The number of hydrogen-bond donors (Lipinski definition) is 4. The Kier molecular flexibility index (Phi) is 13.3. The largest absolute Gasteiger partial charge is 0.464 e. The summed E-state index contributed by atoms with van der Waals surface area (Å²) in [5.41, 5.74) is 0.161. The molecule has 1 fully saturated rings. The van der Waals surface area contributed by atoms with Crippen LogP contribution in [0, 0.1) is 5.92 Å². The Morgan fingerprint density at radius 1 is 1.04 bits per heavy atom. The predicted octanol–water partition coefficient (Wildman–Crippen LogP) is 3.13. The van der Waals surface area contributed by atoms with Crippen molar-refractivity contribution in [2.45, 2.75) is 103 Å². The molecule has 0 spiro atoms. The molecule has 1 aliphatic rings. The maximum atomic E-state index is 14.1. The van der Waals surface area contributed by atoms with Crippen molar-refractivity contribution in [1.82, 2.24) is 25.8 Å². The van der Waals surface area contributed by atoms with Crippen molar-refractivity contribution in [3.05, 3.63) is 52.0 Å². The number of likely N-dealkylation sites (tertiary alicyclic amines) is 1. The maximum absolute atomic E-state index is 14.1. The van der Waals surface area contributed by atoms with E-state index in [1.807, 2.05) is 37.3 Å². The first-order chi connectivity index (χ1) is 22.1. The second kappa shape index (κ2) is 16.7. The molecule has 14 heteroatoms. The van der Waals surface area contributed by atoms with Gasteiger partial charge in [0.15, 0.2) is 5.69 Å². The molecule has 1 saturated heterocycles. The number of aliphatic hydroxyl groups is 1. The minimum Gasteiger partial charge on any atom is -0.464 e. The summed E-state index contributed by atoms with van der Waals surface area (Å²) in [7, 11) is 1.27. The quantitative estimate of drug-likeness (QED) is 0.233. The second-order valence-electron chi connectivity index (χ2n) is 12.7. The first kappa shape index (κ1) is 37.4. The molecular weight excluding hydrogens is 626 g/mol. The van der Waals surface area contributed by atoms with Crippen molar-refractivity contribution in [2.24, 2.45) is 5.92 Å². The fraction of sp³-hybridized carbons (Fsp3) is 0.576. The van der Waals surface area contributed by atoms with E-state index in [0.717, 1.165) is 5.56 Å². The van der Waals surface area contributed by atoms with Gasteiger partial charge in [-0.25, -0.2) is 14.6 Å². The summed E-state index contributed by atoms with van der Waals surface area (Å²) in [6, 6.07) is 5.24. The van der Waals surface area contributed by atoms with Gasteiger partial charge in [-0.05, 0) is 52.0 Å². The van der Waals surface area contributed by atoms with Crippen LogP contribution in [0.5, 0.6) is 0 Å². The zero-order valence-corrected chi connectivity index (χ0v) is 28.9. The van der Waals surface area contributed by atoms with Gasteiger partial charge in [0.1, 0.15) is 28.7 Å². The van der Waals surface area contributed by atoms with E-state index in [1.54, 1.807) is 38.0 Å². The van der Waals surface area contributed by atoms with Gasteiger partial charge in [-0.15, -0.1) is 11.3 Å². The number of esters is 1. The van der Waals surface area contributed by atoms with Crippen LogP contribution in [0.1, 0.15) is 87.9 Å². The number of ether oxygens (including phenoxy) is 2. The molecule has 0 radical (unpaired) electrons. The highest BCUT2D eigenvalue weighted by molar-refractivity contribution is 7.09. The number of carbonyl (C=O) groups is 5. The van der Waals surface area contributed by atoms with E-state index in [0.29, 0.717) is 30.8 Å². The average Bonchev–Trinajstić information content (AvgIpc) is 3.70. The van der Waals surface area contributed by atoms with Gasteiger partial charge in [-0.1, -0.05) is 50.6 Å². The Hall–Kier alpha value is -4.04. The van der Waals surface area contributed by atoms with Crippen LogP contribution >= 0.6 is 11.3 Å². The first-order valence-corrected chi connectivity index (χ1v) is 16.7. The Morgan fingerprint density at radius 3 is 2.30 bits per heavy atom. The van der Waals surface area contributed by atoms with E-state index >= 15 is 0 Å². The number of aromatic nitrogens is 1. The van der Waals surface area contributed by atoms with Crippen LogP contribution in [0.25, 0.3) is 0 Å². The summed E-state index contributed by atoms with van der Waals surface area (Å²) < 4.78 is 10.1. The third kappa shape index (κ3) is 10.5. The summed E-state index contributed by atoms with van der Waals surface area (Å²) in [6.07, 6.45) is -0.121. The molecule has 47 heavy (non-hydrogen) atoms. The third-order valence-corrected chi connectivity index (χ3v) is 8.81. The van der Waals surface area contributed by atoms with Crippen molar-refractivity contribution in [3.8, 4) is 0 Å². The van der Waals surface area contributed by atoms with Gasteiger partial charge in [-0.2, -0.15) is 0 Å². The SMILES string of the molecule is CC[C@H](C)[C@H](NC(=O)OC(C)(C)C)C(=O)N[C@H](C(=O)N[C@@H](Cc1ccccc1)C(=O)N1CCC[C@H]1c1nc(C(=O)OC)cs1)[C@H](C)O. The summed E-state index contributed by atoms with van der Waals surface area (Å²) in [6.45, 7) is 10.5. The number of hydrogen-bond acceptors (Lipinski definition) is 10. The average molecular weight is 674 g/mol. The number of nitrogens with zero attached hydrogens (tertiary/aromatic N) is 2. The van der Waals surface area contributed by atoms with Crippen molar-refractivity contribution >= 4 is 41.1 Å². The van der Waals surface area contributed by atoms with Crippen molar-refractivity contribution in [3.63, 3.8) is 0 Å². The van der Waals surface area contributed by atoms with E-state index in [9.17, 15) is 29.1 Å². The Balaban J connectivity index is 1.84. The summed E-state index contributed by atoms with van der Waals surface area (Å²) >= 11 is 1.26. The normalized spacial score (nSPS) is 17.9. The molecule has 1 aliphatic heterocycles. The Labute approximate surface area is 279 Å². The molecule has 1 aromatic carbocycles. The van der Waals surface area contributed by atoms with Crippen LogP contribution in [0.2, 0.25) is 0 Å². The van der Waals surface area contributed by atoms with Gasteiger partial charge in [0, 0.05) is 18.3 Å². The molecule has 13 nitrogen and oxygen atoms in total. The van der Waals surface area contributed by atoms with Gasteiger partial charge in [0.2, 0.25) is 17.7 Å². The standard InChI is InChI=1S/C33H47N5O8S/c1-8-19(2)25(37-32(44)46-33(4,5)6)27(40)36-26(20(3)39)28(41)34-22(17-21-13-10-9-11-14-21)30(42)38-16-12-15-24(38)29-35-23(18-47-29)31(43)45-7/h9-11,13-14,18-20,22,24-26,39H,8,12,15-17H2,1-7H3,(H,34,41)(H,36,40)(H,37,44)/t19-,20-,22-,24-,25-,26-/m0/s1. The Morgan fingerprint density at radius 2 is 1.70 bits per heavy atom. The van der Waals surface area contributed by atoms with Crippen LogP contribution in [-0.4, -0.2) is 88.3 Å². The number of rotatable bonds is 13. The van der Waals surface area contributed by atoms with Crippen molar-refractivity contribution in [2.75, 3.05) is 13.7 Å². The summed E-state index contributed by atoms with van der Waals surface area (Å²) in [5.74, 6) is -2.70. The van der Waals surface area contributed by atoms with Crippen molar-refractivity contribution in [1.29, 1.82) is 0 Å². The topological polar surface area (TPSA) is 176 Å². The molecule has 2 aromatic rings. The predicted molar refractivity (Wildman–Crippen MR) is 175 cm³/mol. The van der Waals surface area contributed by atoms with Gasteiger partial charge < -0.3 is 35.4 Å². The fourth-order valence-electron chi connectivity index (χ4n) is 5.22. The van der Waals surface area contributed by atoms with Gasteiger partial charge in [0.25, 0.3) is 0 Å². The van der Waals surface area contributed by atoms with Gasteiger partial charge in [-0.3, -0.25) is 14.4 Å². The van der Waals surface area contributed by atoms with Crippen LogP contribution in [0.3, 0.4) is 0 Å². The van der Waals surface area contributed by atoms with Crippen molar-refractivity contribution < 1.29 is 38.6 Å². The minimum absolute atomic E-state index is 0.149. The number of methoxy groups -OCH3 is 1. The van der Waals surface area contributed by atoms with Gasteiger partial charge in [0.05, 0.1) is 19.3 Å². The van der Waals surface area contributed by atoms with E-state index < -0.39 is 59.7 Å². The zero-order valence-electron chi connectivity index (χ0n) is 28.1. The maximum Gasteiger partial charge on any atom is 0.408 e. The summed E-state index contributed by atoms with van der Waals surface area (Å²) in [4.78, 5) is 71.9. The molecule has 0 bridgehead atoms. The number of thiazole rings is 1. The number of alkyl carbamates (subject to hydrolysis) is 1. The lowest BCUT2D eigenvalue weighted by Crippen LogP contribution is -2.61. The van der Waals surface area contributed by atoms with E-state index in [2.05, 4.69) is 20.9 Å². The highest BCUT2D eigenvalue weighted by atomic mass is 32.1. The number of carbonyl (C=O) groups excluding carboxylic acids is 5. The lowest BCUT2D eigenvalue weighted by molar-refractivity contribution is -0.139. The van der Waals surface area contributed by atoms with Gasteiger partial charge >= 0.3 is 12.1 Å². The van der Waals surface area contributed by atoms with Crippen LogP contribution in [0.15, 0.2) is 35.7 Å². The van der Waals surface area contributed by atoms with Crippen LogP contribution < -0.4 is 16.0 Å². The number of benzene rings is 1.